The van der Waals surface area contributed by atoms with Crippen molar-refractivity contribution in [2.24, 2.45) is 0 Å². The molecule has 150 valence electrons. The average Bonchev–Trinajstić information content (AvgIpc) is 2.90. The minimum absolute atomic E-state index is 0.0750. The number of benzene rings is 1. The van der Waals surface area contributed by atoms with E-state index < -0.39 is 0 Å². The van der Waals surface area contributed by atoms with E-state index in [0.717, 1.165) is 58.9 Å². The number of carbonyl (C=O) groups excluding carboxylic acids is 2. The number of thiophene rings is 1. The lowest BCUT2D eigenvalue weighted by Gasteiger charge is -2.30. The van der Waals surface area contributed by atoms with Crippen molar-refractivity contribution in [3.63, 3.8) is 0 Å². The van der Waals surface area contributed by atoms with Gasteiger partial charge < -0.3 is 9.64 Å². The van der Waals surface area contributed by atoms with E-state index in [1.54, 1.807) is 18.4 Å². The number of Topliss-reactive ketones (excluding diaryl/α,β-unsaturated/α-hetero) is 1. The second-order valence-electron chi connectivity index (χ2n) is 7.48. The number of methoxy groups -OCH3 is 1. The molecule has 1 amide bonds. The Kier molecular flexibility index (Phi) is 6.89. The van der Waals surface area contributed by atoms with Crippen LogP contribution in [0.5, 0.6) is 5.75 Å². The zero-order valence-corrected chi connectivity index (χ0v) is 17.8. The van der Waals surface area contributed by atoms with E-state index in [1.165, 1.54) is 0 Å². The summed E-state index contributed by atoms with van der Waals surface area (Å²) in [4.78, 5) is 29.8. The van der Waals surface area contributed by atoms with Gasteiger partial charge in [-0.1, -0.05) is 25.0 Å². The van der Waals surface area contributed by atoms with E-state index in [0.29, 0.717) is 0 Å². The first-order valence-electron chi connectivity index (χ1n) is 10.0. The van der Waals surface area contributed by atoms with Crippen LogP contribution in [0, 0.1) is 13.8 Å². The lowest BCUT2D eigenvalue weighted by atomic mass is 9.99. The third kappa shape index (κ3) is 4.82. The van der Waals surface area contributed by atoms with Crippen LogP contribution in [0.3, 0.4) is 0 Å². The smallest absolute Gasteiger partial charge is 0.223 e. The highest BCUT2D eigenvalue weighted by Gasteiger charge is 2.27. The van der Waals surface area contributed by atoms with Crippen LogP contribution in [-0.2, 0) is 4.79 Å². The fraction of sp³-hybridized carbons (Fsp3) is 0.478. The Hall–Kier alpha value is -2.14. The van der Waals surface area contributed by atoms with Gasteiger partial charge in [-0.15, -0.1) is 11.3 Å². The number of ether oxygens (including phenoxy) is 1. The van der Waals surface area contributed by atoms with Crippen LogP contribution < -0.4 is 4.74 Å². The minimum Gasteiger partial charge on any atom is -0.497 e. The van der Waals surface area contributed by atoms with Crippen LogP contribution in [0.15, 0.2) is 30.3 Å². The summed E-state index contributed by atoms with van der Waals surface area (Å²) in [6.07, 6.45) is 4.81. The maximum absolute atomic E-state index is 13.0. The molecule has 1 fully saturated rings. The van der Waals surface area contributed by atoms with Gasteiger partial charge in [-0.3, -0.25) is 9.59 Å². The van der Waals surface area contributed by atoms with Gasteiger partial charge in [-0.25, -0.2) is 0 Å². The number of amides is 1. The van der Waals surface area contributed by atoms with Gasteiger partial charge in [0.05, 0.1) is 13.2 Å². The summed E-state index contributed by atoms with van der Waals surface area (Å²) in [5, 5.41) is 0. The van der Waals surface area contributed by atoms with E-state index in [1.807, 2.05) is 36.9 Å². The second-order valence-corrected chi connectivity index (χ2v) is 8.94. The Labute approximate surface area is 171 Å². The highest BCUT2D eigenvalue weighted by Crippen LogP contribution is 2.32. The second kappa shape index (κ2) is 9.37. The largest absolute Gasteiger partial charge is 0.497 e. The molecule has 1 aromatic heterocycles. The maximum Gasteiger partial charge on any atom is 0.223 e. The normalized spacial score (nSPS) is 17.2. The molecule has 2 heterocycles. The van der Waals surface area contributed by atoms with Gasteiger partial charge in [0.1, 0.15) is 5.75 Å². The predicted octanol–water partition coefficient (Wildman–Crippen LogP) is 5.48. The quantitative estimate of drug-likeness (QED) is 0.604. The van der Waals surface area contributed by atoms with E-state index in [2.05, 4.69) is 12.1 Å². The Morgan fingerprint density at radius 1 is 1.11 bits per heavy atom. The molecule has 4 nitrogen and oxygen atoms in total. The number of hydrogen-bond acceptors (Lipinski definition) is 4. The summed E-state index contributed by atoms with van der Waals surface area (Å²) in [5.41, 5.74) is 1.92. The number of carbonyl (C=O) groups is 2. The number of rotatable bonds is 6. The summed E-state index contributed by atoms with van der Waals surface area (Å²) >= 11 is 1.64. The monoisotopic (exact) mass is 399 g/mol. The Balaban J connectivity index is 1.69. The van der Waals surface area contributed by atoms with Crippen LogP contribution in [0.4, 0.5) is 0 Å². The van der Waals surface area contributed by atoms with Crippen molar-refractivity contribution < 1.29 is 14.3 Å². The van der Waals surface area contributed by atoms with E-state index >= 15 is 0 Å². The number of aryl methyl sites for hydroxylation is 2. The molecule has 0 spiro atoms. The molecule has 0 saturated carbocycles. The summed E-state index contributed by atoms with van der Waals surface area (Å²) in [7, 11) is 1.66. The van der Waals surface area contributed by atoms with Gasteiger partial charge in [-0.05, 0) is 50.5 Å². The number of likely N-dealkylation sites (tertiary alicyclic amines) is 1. The Morgan fingerprint density at radius 2 is 1.86 bits per heavy atom. The molecule has 0 radical (unpaired) electrons. The van der Waals surface area contributed by atoms with Crippen molar-refractivity contribution in [2.75, 3.05) is 13.7 Å². The first-order valence-corrected chi connectivity index (χ1v) is 10.8. The molecular weight excluding hydrogens is 370 g/mol. The maximum atomic E-state index is 13.0. The Bertz CT molecular complexity index is 825. The van der Waals surface area contributed by atoms with Gasteiger partial charge in [0.2, 0.25) is 5.91 Å². The zero-order valence-electron chi connectivity index (χ0n) is 17.0. The average molecular weight is 400 g/mol. The van der Waals surface area contributed by atoms with Gasteiger partial charge in [0.15, 0.2) is 5.78 Å². The van der Waals surface area contributed by atoms with E-state index in [-0.39, 0.29) is 30.6 Å². The number of nitrogens with zero attached hydrogens (tertiary/aromatic N) is 1. The van der Waals surface area contributed by atoms with Gasteiger partial charge in [0, 0.05) is 34.7 Å². The molecule has 1 aliphatic heterocycles. The zero-order chi connectivity index (χ0) is 20.1. The first-order chi connectivity index (χ1) is 13.5. The fourth-order valence-electron chi connectivity index (χ4n) is 3.99. The third-order valence-electron chi connectivity index (χ3n) is 5.48. The molecule has 3 rings (SSSR count). The number of ketones is 1. The van der Waals surface area contributed by atoms with Crippen molar-refractivity contribution >= 4 is 23.0 Å². The van der Waals surface area contributed by atoms with Crippen LogP contribution in [0.25, 0.3) is 0 Å². The SMILES string of the molecule is COc1ccc(C2CCCCCN2C(=O)CCC(=O)c2cc(C)sc2C)cc1. The molecule has 2 aromatic rings. The summed E-state index contributed by atoms with van der Waals surface area (Å²) < 4.78 is 5.26. The lowest BCUT2D eigenvalue weighted by molar-refractivity contribution is -0.133. The van der Waals surface area contributed by atoms with Crippen LogP contribution in [-0.4, -0.2) is 30.2 Å². The van der Waals surface area contributed by atoms with Crippen molar-refractivity contribution in [1.29, 1.82) is 0 Å². The fourth-order valence-corrected chi connectivity index (χ4v) is 4.93. The third-order valence-corrected chi connectivity index (χ3v) is 6.45. The first kappa shape index (κ1) is 20.6. The lowest BCUT2D eigenvalue weighted by Crippen LogP contribution is -2.35. The van der Waals surface area contributed by atoms with Crippen molar-refractivity contribution in [3.05, 3.63) is 51.2 Å². The molecule has 1 saturated heterocycles. The van der Waals surface area contributed by atoms with Crippen molar-refractivity contribution in [3.8, 4) is 5.75 Å². The van der Waals surface area contributed by atoms with E-state index in [9.17, 15) is 9.59 Å². The summed E-state index contributed by atoms with van der Waals surface area (Å²) in [5.74, 6) is 0.981. The van der Waals surface area contributed by atoms with Crippen molar-refractivity contribution in [1.82, 2.24) is 4.90 Å². The molecule has 0 aliphatic carbocycles. The molecule has 28 heavy (non-hydrogen) atoms. The van der Waals surface area contributed by atoms with E-state index in [4.69, 9.17) is 4.74 Å². The molecule has 0 bridgehead atoms. The molecule has 1 aliphatic rings. The molecule has 0 N–H and O–H groups in total. The predicted molar refractivity (Wildman–Crippen MR) is 113 cm³/mol. The van der Waals surface area contributed by atoms with Crippen LogP contribution in [0.1, 0.15) is 70.2 Å². The summed E-state index contributed by atoms with van der Waals surface area (Å²) in [6, 6.07) is 10.0. The van der Waals surface area contributed by atoms with Gasteiger partial charge >= 0.3 is 0 Å². The van der Waals surface area contributed by atoms with Gasteiger partial charge in [0.25, 0.3) is 0 Å². The standard InChI is InChI=1S/C23H29NO3S/c1-16-15-20(17(2)28-16)22(25)12-13-23(26)24-14-6-4-5-7-21(24)18-8-10-19(27-3)11-9-18/h8-11,15,21H,4-7,12-14H2,1-3H3. The topological polar surface area (TPSA) is 46.6 Å². The minimum atomic E-state index is 0.0750. The molecule has 1 aromatic carbocycles. The molecule has 5 heteroatoms. The highest BCUT2D eigenvalue weighted by molar-refractivity contribution is 7.12. The summed E-state index contributed by atoms with van der Waals surface area (Å²) in [6.45, 7) is 4.75. The molecule has 1 atom stereocenters. The Morgan fingerprint density at radius 3 is 2.50 bits per heavy atom. The molecular formula is C23H29NO3S. The van der Waals surface area contributed by atoms with Gasteiger partial charge in [-0.2, -0.15) is 0 Å². The molecule has 1 unspecified atom stereocenters. The number of hydrogen-bond donors (Lipinski definition) is 0. The van der Waals surface area contributed by atoms with Crippen LogP contribution >= 0.6 is 11.3 Å². The highest BCUT2D eigenvalue weighted by atomic mass is 32.1. The van der Waals surface area contributed by atoms with Crippen molar-refractivity contribution in [2.45, 2.75) is 58.4 Å². The van der Waals surface area contributed by atoms with Crippen LogP contribution in [0.2, 0.25) is 0 Å².